The number of amides is 1. The van der Waals surface area contributed by atoms with Crippen molar-refractivity contribution in [3.05, 3.63) is 57.6 Å². The maximum atomic E-state index is 13.6. The van der Waals surface area contributed by atoms with Gasteiger partial charge in [0.2, 0.25) is 0 Å². The van der Waals surface area contributed by atoms with Crippen LogP contribution < -0.4 is 14.8 Å². The van der Waals surface area contributed by atoms with Gasteiger partial charge in [-0.25, -0.2) is 4.79 Å². The summed E-state index contributed by atoms with van der Waals surface area (Å²) >= 11 is 0. The number of ketones is 1. The number of hydrogen-bond acceptors (Lipinski definition) is 6. The summed E-state index contributed by atoms with van der Waals surface area (Å²) in [4.78, 5) is 39.5. The number of amidine groups is 1. The highest BCUT2D eigenvalue weighted by Gasteiger charge is 2.43. The third-order valence-corrected chi connectivity index (χ3v) is 6.70. The number of carbonyl (C=O) groups excluding carboxylic acids is 3. The van der Waals surface area contributed by atoms with E-state index in [1.54, 1.807) is 65.5 Å². The molecular weight excluding hydrogens is 539 g/mol. The van der Waals surface area contributed by atoms with Gasteiger partial charge in [0.1, 0.15) is 17.3 Å². The molecule has 0 spiro atoms. The van der Waals surface area contributed by atoms with Crippen LogP contribution in [0.4, 0.5) is 13.2 Å². The molecule has 0 saturated carbocycles. The smallest absolute Gasteiger partial charge is 0.491 e. The van der Waals surface area contributed by atoms with Gasteiger partial charge in [-0.2, -0.15) is 13.2 Å². The van der Waals surface area contributed by atoms with Crippen LogP contribution in [0.25, 0.3) is 0 Å². The Morgan fingerprint density at radius 3 is 2.00 bits per heavy atom. The van der Waals surface area contributed by atoms with Gasteiger partial charge in [-0.1, -0.05) is 41.5 Å². The van der Waals surface area contributed by atoms with Crippen LogP contribution in [0.5, 0.6) is 11.5 Å². The number of carbonyl (C=O) groups is 3. The van der Waals surface area contributed by atoms with E-state index in [0.717, 1.165) is 5.56 Å². The van der Waals surface area contributed by atoms with E-state index in [2.05, 4.69) is 5.32 Å². The molecule has 0 atom stereocenters. The lowest BCUT2D eigenvalue weighted by molar-refractivity contribution is -0.189. The number of esters is 1. The molecule has 41 heavy (non-hydrogen) atoms. The predicted octanol–water partition coefficient (Wildman–Crippen LogP) is 5.53. The number of benzene rings is 2. The fourth-order valence-electron chi connectivity index (χ4n) is 4.58. The largest absolute Gasteiger partial charge is 0.493 e. The number of alkyl halides is 3. The van der Waals surface area contributed by atoms with E-state index >= 15 is 0 Å². The third-order valence-electron chi connectivity index (χ3n) is 6.70. The van der Waals surface area contributed by atoms with E-state index in [1.807, 2.05) is 0 Å². The molecule has 1 heterocycles. The fourth-order valence-corrected chi connectivity index (χ4v) is 4.58. The minimum absolute atomic E-state index is 0.0596. The van der Waals surface area contributed by atoms with Gasteiger partial charge < -0.3 is 19.7 Å². The van der Waals surface area contributed by atoms with Crippen molar-refractivity contribution < 1.29 is 37.0 Å². The Kier molecular flexibility index (Phi) is 8.62. The molecule has 0 aliphatic carbocycles. The molecule has 0 aromatic heterocycles. The van der Waals surface area contributed by atoms with Crippen molar-refractivity contribution in [3.8, 4) is 11.5 Å². The fraction of sp³-hybridized carbons (Fsp3) is 0.467. The van der Waals surface area contributed by atoms with Gasteiger partial charge >= 0.3 is 12.1 Å². The second-order valence-corrected chi connectivity index (χ2v) is 11.9. The van der Waals surface area contributed by atoms with E-state index in [9.17, 15) is 27.6 Å². The molecule has 0 saturated heterocycles. The summed E-state index contributed by atoms with van der Waals surface area (Å²) in [5, 5.41) is 11.3. The van der Waals surface area contributed by atoms with Crippen molar-refractivity contribution in [1.82, 2.24) is 10.2 Å². The second-order valence-electron chi connectivity index (χ2n) is 11.9. The second kappa shape index (κ2) is 11.2. The zero-order valence-electron chi connectivity index (χ0n) is 24.6. The average Bonchev–Trinajstić information content (AvgIpc) is 3.15. The van der Waals surface area contributed by atoms with Gasteiger partial charge in [-0.3, -0.25) is 15.0 Å². The Labute approximate surface area is 237 Å². The number of halogens is 3. The number of rotatable bonds is 7. The highest BCUT2D eigenvalue weighted by atomic mass is 19.4. The predicted molar refractivity (Wildman–Crippen MR) is 148 cm³/mol. The summed E-state index contributed by atoms with van der Waals surface area (Å²) in [5.41, 5.74) is 0.722. The molecule has 0 bridgehead atoms. The highest BCUT2D eigenvalue weighted by molar-refractivity contribution is 6.07. The normalized spacial score (nSPS) is 13.6. The molecule has 0 radical (unpaired) electrons. The minimum Gasteiger partial charge on any atom is -0.493 e. The molecular formula is C30H36F3N3O5. The Morgan fingerprint density at radius 1 is 0.976 bits per heavy atom. The van der Waals surface area contributed by atoms with Crippen LogP contribution in [-0.2, 0) is 22.2 Å². The molecule has 1 aliphatic heterocycles. The lowest BCUT2D eigenvalue weighted by atomic mass is 9.78. The van der Waals surface area contributed by atoms with E-state index in [-0.39, 0.29) is 58.6 Å². The molecule has 3 rings (SSSR count). The Bertz CT molecular complexity index is 1370. The highest BCUT2D eigenvalue weighted by Crippen LogP contribution is 2.42. The van der Waals surface area contributed by atoms with Crippen LogP contribution in [0.1, 0.15) is 91.4 Å². The number of nitrogens with zero attached hydrogens (tertiary/aromatic N) is 1. The zero-order valence-corrected chi connectivity index (χ0v) is 24.6. The minimum atomic E-state index is -5.19. The summed E-state index contributed by atoms with van der Waals surface area (Å²) in [6.07, 6.45) is -5.19. The van der Waals surface area contributed by atoms with Crippen LogP contribution in [0.3, 0.4) is 0 Å². The van der Waals surface area contributed by atoms with Crippen molar-refractivity contribution in [1.29, 1.82) is 5.41 Å². The van der Waals surface area contributed by atoms with Crippen molar-refractivity contribution >= 4 is 23.5 Å². The Morgan fingerprint density at radius 2 is 1.54 bits per heavy atom. The van der Waals surface area contributed by atoms with E-state index < -0.39 is 23.0 Å². The molecule has 0 fully saturated rings. The third kappa shape index (κ3) is 6.71. The summed E-state index contributed by atoms with van der Waals surface area (Å²) in [5.74, 6) is -2.85. The zero-order chi connectivity index (χ0) is 31.1. The first-order chi connectivity index (χ1) is 18.8. The van der Waals surface area contributed by atoms with Crippen LogP contribution in [0, 0.1) is 5.41 Å². The number of nitrogens with one attached hydrogen (secondary N) is 2. The number of Topliss-reactive ketones (excluding diaryl/α,β-unsaturated/α-hetero) is 1. The SMILES string of the molecule is CCOc1cc2c(cc1C(=O)NC)C(=N)N(CC(=O)c1cc(C(C)(C)C)c(OC(=O)C(F)(F)F)c(C(C)(C)C)c1)C2. The van der Waals surface area contributed by atoms with E-state index in [0.29, 0.717) is 17.9 Å². The number of ether oxygens (including phenoxy) is 2. The maximum absolute atomic E-state index is 13.6. The summed E-state index contributed by atoms with van der Waals surface area (Å²) in [6, 6.07) is 6.19. The van der Waals surface area contributed by atoms with Gasteiger partial charge in [0.05, 0.1) is 18.7 Å². The van der Waals surface area contributed by atoms with Crippen LogP contribution in [0.15, 0.2) is 24.3 Å². The quantitative estimate of drug-likeness (QED) is 0.255. The van der Waals surface area contributed by atoms with Crippen molar-refractivity contribution in [2.45, 2.75) is 72.0 Å². The maximum Gasteiger partial charge on any atom is 0.491 e. The average molecular weight is 576 g/mol. The molecule has 2 aromatic rings. The molecule has 1 aliphatic rings. The van der Waals surface area contributed by atoms with Crippen LogP contribution >= 0.6 is 0 Å². The molecule has 1 amide bonds. The molecule has 11 heteroatoms. The molecule has 2 aromatic carbocycles. The summed E-state index contributed by atoms with van der Waals surface area (Å²) < 4.78 is 50.0. The lowest BCUT2D eigenvalue weighted by Gasteiger charge is -2.30. The molecule has 222 valence electrons. The van der Waals surface area contributed by atoms with Gasteiger partial charge in [0, 0.05) is 35.8 Å². The van der Waals surface area contributed by atoms with Gasteiger partial charge in [-0.15, -0.1) is 0 Å². The molecule has 8 nitrogen and oxygen atoms in total. The van der Waals surface area contributed by atoms with E-state index in [1.165, 1.54) is 19.2 Å². The lowest BCUT2D eigenvalue weighted by Crippen LogP contribution is -2.32. The first kappa shape index (κ1) is 31.6. The van der Waals surface area contributed by atoms with Crippen molar-refractivity contribution in [3.63, 3.8) is 0 Å². The Hall–Kier alpha value is -3.89. The van der Waals surface area contributed by atoms with Gasteiger partial charge in [0.25, 0.3) is 5.91 Å². The Balaban J connectivity index is 2.03. The van der Waals surface area contributed by atoms with Gasteiger partial charge in [-0.05, 0) is 47.6 Å². The number of fused-ring (bicyclic) bond motifs is 1. The molecule has 0 unspecified atom stereocenters. The van der Waals surface area contributed by atoms with E-state index in [4.69, 9.17) is 14.9 Å². The van der Waals surface area contributed by atoms with Crippen LogP contribution in [-0.4, -0.2) is 54.8 Å². The van der Waals surface area contributed by atoms with Gasteiger partial charge in [0.15, 0.2) is 5.78 Å². The van der Waals surface area contributed by atoms with Crippen LogP contribution in [0.2, 0.25) is 0 Å². The first-order valence-electron chi connectivity index (χ1n) is 13.2. The first-order valence-corrected chi connectivity index (χ1v) is 13.2. The summed E-state index contributed by atoms with van der Waals surface area (Å²) in [7, 11) is 1.49. The monoisotopic (exact) mass is 575 g/mol. The number of hydrogen-bond donors (Lipinski definition) is 2. The topological polar surface area (TPSA) is 109 Å². The van der Waals surface area contributed by atoms with Crippen molar-refractivity contribution in [2.24, 2.45) is 0 Å². The molecule has 2 N–H and O–H groups in total. The standard InChI is InChI=1S/C30H36F3N3O5/c1-9-40-23-12-17-14-36(25(34)18(17)13-19(23)26(38)35-8)15-22(37)16-10-20(28(2,3)4)24(21(11-16)29(5,6)7)41-27(39)30(31,32)33/h10-13,34H,9,14-15H2,1-8H3,(H,35,38). The van der Waals surface area contributed by atoms with Crippen molar-refractivity contribution in [2.75, 3.05) is 20.2 Å². The summed E-state index contributed by atoms with van der Waals surface area (Å²) in [6.45, 7) is 12.7.